The summed E-state index contributed by atoms with van der Waals surface area (Å²) in [5.41, 5.74) is 5.78. The highest BCUT2D eigenvalue weighted by Gasteiger charge is 2.04. The van der Waals surface area contributed by atoms with Crippen molar-refractivity contribution < 1.29 is 19.5 Å². The number of nitrogens with one attached hydrogen (secondary N) is 2. The van der Waals surface area contributed by atoms with Crippen molar-refractivity contribution in [1.29, 1.82) is 0 Å². The number of carbonyl (C=O) groups is 3. The normalized spacial score (nSPS) is 9.56. The zero-order chi connectivity index (χ0) is 13.5. The number of benzene rings is 1. The summed E-state index contributed by atoms with van der Waals surface area (Å²) in [4.78, 5) is 32.2. The summed E-state index contributed by atoms with van der Waals surface area (Å²) >= 11 is 0. The number of carbonyl (C=O) groups excluding carboxylic acids is 2. The van der Waals surface area contributed by atoms with E-state index < -0.39 is 17.9 Å². The lowest BCUT2D eigenvalue weighted by Gasteiger charge is -2.06. The first-order chi connectivity index (χ1) is 8.49. The maximum atomic E-state index is 11.2. The molecule has 1 aromatic rings. The van der Waals surface area contributed by atoms with E-state index in [0.29, 0.717) is 0 Å². The van der Waals surface area contributed by atoms with Crippen LogP contribution in [0.25, 0.3) is 0 Å². The molecule has 7 nitrogen and oxygen atoms in total. The van der Waals surface area contributed by atoms with Crippen molar-refractivity contribution in [2.75, 3.05) is 6.54 Å². The molecule has 0 aliphatic heterocycles. The molecule has 7 heteroatoms. The summed E-state index contributed by atoms with van der Waals surface area (Å²) in [5, 5.41) is 13.5. The van der Waals surface area contributed by atoms with Gasteiger partial charge in [0, 0.05) is 6.54 Å². The highest BCUT2D eigenvalue weighted by atomic mass is 16.4. The van der Waals surface area contributed by atoms with Gasteiger partial charge in [-0.2, -0.15) is 0 Å². The summed E-state index contributed by atoms with van der Waals surface area (Å²) < 4.78 is 0. The van der Waals surface area contributed by atoms with E-state index in [2.05, 4.69) is 10.6 Å². The first-order valence-corrected chi connectivity index (χ1v) is 5.11. The maximum absolute atomic E-state index is 11.2. The van der Waals surface area contributed by atoms with E-state index in [-0.39, 0.29) is 18.7 Å². The van der Waals surface area contributed by atoms with Crippen molar-refractivity contribution >= 4 is 17.9 Å². The molecular formula is C11H13N3O4. The Bertz CT molecular complexity index is 456. The van der Waals surface area contributed by atoms with Crippen molar-refractivity contribution in [3.05, 3.63) is 35.4 Å². The molecule has 0 fully saturated rings. The number of primary amides is 1. The highest BCUT2D eigenvalue weighted by molar-refractivity contribution is 5.87. The average Bonchev–Trinajstić information content (AvgIpc) is 2.34. The second-order valence-electron chi connectivity index (χ2n) is 3.50. The number of rotatable bonds is 5. The number of nitrogens with two attached hydrogens (primary N) is 1. The minimum absolute atomic E-state index is 0.178. The van der Waals surface area contributed by atoms with Crippen LogP contribution in [-0.4, -0.2) is 29.6 Å². The van der Waals surface area contributed by atoms with Gasteiger partial charge in [0.05, 0.1) is 12.1 Å². The number of hydrogen-bond donors (Lipinski definition) is 4. The number of amides is 3. The molecule has 0 radical (unpaired) electrons. The minimum Gasteiger partial charge on any atom is -0.478 e. The second-order valence-corrected chi connectivity index (χ2v) is 3.50. The van der Waals surface area contributed by atoms with E-state index in [4.69, 9.17) is 10.8 Å². The van der Waals surface area contributed by atoms with Crippen LogP contribution in [0.1, 0.15) is 15.9 Å². The Balaban J connectivity index is 2.41. The van der Waals surface area contributed by atoms with Crippen molar-refractivity contribution in [1.82, 2.24) is 10.6 Å². The highest BCUT2D eigenvalue weighted by Crippen LogP contribution is 2.03. The van der Waals surface area contributed by atoms with Gasteiger partial charge in [-0.1, -0.05) is 12.1 Å². The Kier molecular flexibility index (Phi) is 4.67. The first-order valence-electron chi connectivity index (χ1n) is 5.11. The molecule has 1 aromatic carbocycles. The molecule has 0 bridgehead atoms. The van der Waals surface area contributed by atoms with Gasteiger partial charge in [0.2, 0.25) is 5.91 Å². The topological polar surface area (TPSA) is 122 Å². The van der Waals surface area contributed by atoms with E-state index in [0.717, 1.165) is 5.56 Å². The maximum Gasteiger partial charge on any atom is 0.335 e. The summed E-state index contributed by atoms with van der Waals surface area (Å²) in [6.07, 6.45) is 0. The molecule has 5 N–H and O–H groups in total. The molecule has 0 spiro atoms. The lowest BCUT2D eigenvalue weighted by Crippen LogP contribution is -2.40. The van der Waals surface area contributed by atoms with Gasteiger partial charge in [0.1, 0.15) is 0 Å². The van der Waals surface area contributed by atoms with E-state index in [1.54, 1.807) is 12.1 Å². The Labute approximate surface area is 103 Å². The minimum atomic E-state index is -1.01. The van der Waals surface area contributed by atoms with Gasteiger partial charge >= 0.3 is 12.0 Å². The smallest absolute Gasteiger partial charge is 0.335 e. The third-order valence-corrected chi connectivity index (χ3v) is 2.08. The molecular weight excluding hydrogens is 238 g/mol. The van der Waals surface area contributed by atoms with Crippen molar-refractivity contribution in [3.8, 4) is 0 Å². The fraction of sp³-hybridized carbons (Fsp3) is 0.182. The molecule has 0 aliphatic carbocycles. The molecule has 0 aliphatic rings. The first kappa shape index (κ1) is 13.5. The fourth-order valence-electron chi connectivity index (χ4n) is 1.18. The van der Waals surface area contributed by atoms with E-state index in [9.17, 15) is 14.4 Å². The SMILES string of the molecule is NC(=O)CNC(=O)NCc1ccc(C(=O)O)cc1. The Morgan fingerprint density at radius 3 is 2.22 bits per heavy atom. The molecule has 0 unspecified atom stereocenters. The Hall–Kier alpha value is -2.57. The Morgan fingerprint density at radius 1 is 1.11 bits per heavy atom. The van der Waals surface area contributed by atoms with Gasteiger partial charge < -0.3 is 21.5 Å². The van der Waals surface area contributed by atoms with Crippen LogP contribution in [0, 0.1) is 0 Å². The molecule has 0 saturated carbocycles. The zero-order valence-electron chi connectivity index (χ0n) is 9.47. The summed E-state index contributed by atoms with van der Waals surface area (Å²) in [6.45, 7) is -0.00567. The molecule has 1 rings (SSSR count). The van der Waals surface area contributed by atoms with Gasteiger partial charge in [-0.05, 0) is 17.7 Å². The largest absolute Gasteiger partial charge is 0.478 e. The van der Waals surface area contributed by atoms with E-state index >= 15 is 0 Å². The van der Waals surface area contributed by atoms with Crippen molar-refractivity contribution in [2.45, 2.75) is 6.54 Å². The van der Waals surface area contributed by atoms with Crippen LogP contribution in [0.5, 0.6) is 0 Å². The number of carboxylic acid groups (broad SMARTS) is 1. The molecule has 0 atom stereocenters. The molecule has 0 aromatic heterocycles. The lowest BCUT2D eigenvalue weighted by atomic mass is 10.1. The second kappa shape index (κ2) is 6.24. The van der Waals surface area contributed by atoms with E-state index in [1.165, 1.54) is 12.1 Å². The lowest BCUT2D eigenvalue weighted by molar-refractivity contribution is -0.117. The molecule has 96 valence electrons. The van der Waals surface area contributed by atoms with Crippen LogP contribution >= 0.6 is 0 Å². The van der Waals surface area contributed by atoms with Gasteiger partial charge in [0.25, 0.3) is 0 Å². The summed E-state index contributed by atoms with van der Waals surface area (Å²) in [5.74, 6) is -1.63. The van der Waals surface area contributed by atoms with Crippen LogP contribution in [0.3, 0.4) is 0 Å². The predicted molar refractivity (Wildman–Crippen MR) is 62.8 cm³/mol. The number of hydrogen-bond acceptors (Lipinski definition) is 3. The molecule has 0 heterocycles. The van der Waals surface area contributed by atoms with Gasteiger partial charge in [-0.15, -0.1) is 0 Å². The summed E-state index contributed by atoms with van der Waals surface area (Å²) in [7, 11) is 0. The quantitative estimate of drug-likeness (QED) is 0.572. The van der Waals surface area contributed by atoms with Crippen LogP contribution in [-0.2, 0) is 11.3 Å². The van der Waals surface area contributed by atoms with Crippen LogP contribution in [0.2, 0.25) is 0 Å². The zero-order valence-corrected chi connectivity index (χ0v) is 9.47. The molecule has 3 amide bonds. The number of carboxylic acids is 1. The molecule has 0 saturated heterocycles. The molecule has 18 heavy (non-hydrogen) atoms. The van der Waals surface area contributed by atoms with Crippen molar-refractivity contribution in [2.24, 2.45) is 5.73 Å². The third kappa shape index (κ3) is 4.52. The predicted octanol–water partition coefficient (Wildman–Crippen LogP) is -0.331. The fourth-order valence-corrected chi connectivity index (χ4v) is 1.18. The number of urea groups is 1. The Morgan fingerprint density at radius 2 is 1.72 bits per heavy atom. The average molecular weight is 251 g/mol. The van der Waals surface area contributed by atoms with Crippen LogP contribution in [0.4, 0.5) is 4.79 Å². The van der Waals surface area contributed by atoms with Crippen molar-refractivity contribution in [3.63, 3.8) is 0 Å². The van der Waals surface area contributed by atoms with Crippen LogP contribution in [0.15, 0.2) is 24.3 Å². The summed E-state index contributed by atoms with van der Waals surface area (Å²) in [6, 6.07) is 5.56. The van der Waals surface area contributed by atoms with Gasteiger partial charge in [-0.25, -0.2) is 9.59 Å². The van der Waals surface area contributed by atoms with Crippen LogP contribution < -0.4 is 16.4 Å². The monoisotopic (exact) mass is 251 g/mol. The van der Waals surface area contributed by atoms with Gasteiger partial charge in [-0.3, -0.25) is 4.79 Å². The standard InChI is InChI=1S/C11H13N3O4/c12-9(15)6-14-11(18)13-5-7-1-3-8(4-2-7)10(16)17/h1-4H,5-6H2,(H2,12,15)(H,16,17)(H2,13,14,18). The number of aromatic carboxylic acids is 1. The third-order valence-electron chi connectivity index (χ3n) is 2.08. The van der Waals surface area contributed by atoms with Gasteiger partial charge in [0.15, 0.2) is 0 Å². The van der Waals surface area contributed by atoms with E-state index in [1.807, 2.05) is 0 Å².